The van der Waals surface area contributed by atoms with Crippen molar-refractivity contribution >= 4 is 11.6 Å². The number of hydrogen-bond donors (Lipinski definition) is 1. The van der Waals surface area contributed by atoms with Crippen LogP contribution < -0.4 is 9.47 Å². The molecule has 1 unspecified atom stereocenters. The number of hydrogen-bond acceptors (Lipinski definition) is 5. The van der Waals surface area contributed by atoms with Crippen LogP contribution in [0, 0.1) is 0 Å². The Morgan fingerprint density at radius 2 is 1.76 bits per heavy atom. The van der Waals surface area contributed by atoms with Gasteiger partial charge in [0.2, 0.25) is 0 Å². The molecule has 1 aliphatic heterocycles. The lowest BCUT2D eigenvalue weighted by Gasteiger charge is -2.35. The Bertz CT molecular complexity index is 830. The quantitative estimate of drug-likeness (QED) is 0.888. The first kappa shape index (κ1) is 15.9. The van der Waals surface area contributed by atoms with Gasteiger partial charge in [-0.2, -0.15) is 0 Å². The van der Waals surface area contributed by atoms with Crippen molar-refractivity contribution in [2.24, 2.45) is 0 Å². The van der Waals surface area contributed by atoms with Crippen LogP contribution in [0.2, 0.25) is 0 Å². The normalized spacial score (nSPS) is 23.2. The molecule has 0 saturated carbocycles. The molecule has 5 nitrogen and oxygen atoms in total. The second-order valence-electron chi connectivity index (χ2n) is 6.66. The van der Waals surface area contributed by atoms with E-state index in [2.05, 4.69) is 0 Å². The third-order valence-electron chi connectivity index (χ3n) is 5.18. The van der Waals surface area contributed by atoms with Crippen LogP contribution >= 0.6 is 0 Å². The van der Waals surface area contributed by atoms with Crippen molar-refractivity contribution in [1.29, 1.82) is 0 Å². The Hall–Kier alpha value is -2.56. The molecular weight excluding hydrogens is 320 g/mol. The van der Waals surface area contributed by atoms with Crippen molar-refractivity contribution in [3.05, 3.63) is 46.4 Å². The van der Waals surface area contributed by atoms with Crippen molar-refractivity contribution in [1.82, 2.24) is 0 Å². The van der Waals surface area contributed by atoms with E-state index in [-0.39, 0.29) is 17.3 Å². The monoisotopic (exact) mass is 340 g/mol. The second kappa shape index (κ2) is 6.06. The number of ether oxygens (including phenoxy) is 2. The number of rotatable bonds is 2. The number of allylic oxidation sites excluding steroid dienone is 4. The van der Waals surface area contributed by atoms with Gasteiger partial charge in [-0.15, -0.1) is 0 Å². The van der Waals surface area contributed by atoms with E-state index in [1.807, 2.05) is 12.1 Å². The third-order valence-corrected chi connectivity index (χ3v) is 5.18. The molecule has 0 bridgehead atoms. The molecule has 5 heteroatoms. The average molecular weight is 340 g/mol. The molecule has 0 fully saturated rings. The molecule has 1 atom stereocenters. The Morgan fingerprint density at radius 1 is 1.04 bits per heavy atom. The van der Waals surface area contributed by atoms with E-state index in [0.29, 0.717) is 66.1 Å². The summed E-state index contributed by atoms with van der Waals surface area (Å²) in [6.07, 6.45) is 3.32. The van der Waals surface area contributed by atoms with Gasteiger partial charge >= 0.3 is 0 Å². The summed E-state index contributed by atoms with van der Waals surface area (Å²) < 4.78 is 11.5. The SMILES string of the molecule is COc1cccc2c1C(C1=C(O)CCCC1=O)C1=C(CCCC1=O)O2. The van der Waals surface area contributed by atoms with Gasteiger partial charge in [0.25, 0.3) is 0 Å². The lowest BCUT2D eigenvalue weighted by atomic mass is 9.73. The van der Waals surface area contributed by atoms with Crippen LogP contribution in [-0.2, 0) is 9.59 Å². The number of aliphatic hydroxyl groups excluding tert-OH is 1. The zero-order chi connectivity index (χ0) is 17.6. The predicted molar refractivity (Wildman–Crippen MR) is 90.8 cm³/mol. The van der Waals surface area contributed by atoms with Gasteiger partial charge in [0.15, 0.2) is 11.6 Å². The summed E-state index contributed by atoms with van der Waals surface area (Å²) in [4.78, 5) is 25.4. The number of carbonyl (C=O) groups is 2. The predicted octanol–water partition coefficient (Wildman–Crippen LogP) is 3.74. The van der Waals surface area contributed by atoms with Crippen molar-refractivity contribution < 1.29 is 24.2 Å². The number of aliphatic hydroxyl groups is 1. The highest BCUT2D eigenvalue weighted by molar-refractivity contribution is 6.05. The van der Waals surface area contributed by atoms with Gasteiger partial charge in [0.1, 0.15) is 17.3 Å². The maximum atomic E-state index is 12.7. The summed E-state index contributed by atoms with van der Waals surface area (Å²) in [5.41, 5.74) is 1.51. The number of methoxy groups -OCH3 is 1. The first-order chi connectivity index (χ1) is 12.1. The molecule has 1 aromatic carbocycles. The lowest BCUT2D eigenvalue weighted by molar-refractivity contribution is -0.117. The molecular formula is C20H20O5. The minimum Gasteiger partial charge on any atom is -0.512 e. The van der Waals surface area contributed by atoms with Gasteiger partial charge in [0, 0.05) is 42.4 Å². The molecule has 1 heterocycles. The van der Waals surface area contributed by atoms with E-state index in [0.717, 1.165) is 6.42 Å². The van der Waals surface area contributed by atoms with Crippen molar-refractivity contribution in [3.63, 3.8) is 0 Å². The fourth-order valence-corrected chi connectivity index (χ4v) is 4.08. The molecule has 0 aromatic heterocycles. The third kappa shape index (κ3) is 2.46. The molecule has 25 heavy (non-hydrogen) atoms. The summed E-state index contributed by atoms with van der Waals surface area (Å²) in [5, 5.41) is 10.5. The fraction of sp³-hybridized carbons (Fsp3) is 0.400. The van der Waals surface area contributed by atoms with Crippen LogP contribution in [0.15, 0.2) is 40.9 Å². The molecule has 3 aliphatic rings. The van der Waals surface area contributed by atoms with Crippen LogP contribution in [0.5, 0.6) is 11.5 Å². The number of ketones is 2. The van der Waals surface area contributed by atoms with E-state index >= 15 is 0 Å². The minimum absolute atomic E-state index is 0.0125. The average Bonchev–Trinajstić information content (AvgIpc) is 2.60. The van der Waals surface area contributed by atoms with Crippen LogP contribution in [0.4, 0.5) is 0 Å². The molecule has 1 N–H and O–H groups in total. The van der Waals surface area contributed by atoms with Crippen molar-refractivity contribution in [3.8, 4) is 11.5 Å². The summed E-state index contributed by atoms with van der Waals surface area (Å²) >= 11 is 0. The number of fused-ring (bicyclic) bond motifs is 1. The van der Waals surface area contributed by atoms with Gasteiger partial charge in [-0.1, -0.05) is 6.07 Å². The van der Waals surface area contributed by atoms with Gasteiger partial charge in [-0.25, -0.2) is 0 Å². The van der Waals surface area contributed by atoms with Crippen LogP contribution in [-0.4, -0.2) is 23.8 Å². The Morgan fingerprint density at radius 3 is 2.48 bits per heavy atom. The van der Waals surface area contributed by atoms with E-state index in [9.17, 15) is 14.7 Å². The van der Waals surface area contributed by atoms with Crippen LogP contribution in [0.1, 0.15) is 50.0 Å². The second-order valence-corrected chi connectivity index (χ2v) is 6.66. The Kier molecular flexibility index (Phi) is 3.86. The summed E-state index contributed by atoms with van der Waals surface area (Å²) in [6.45, 7) is 0. The van der Waals surface area contributed by atoms with Gasteiger partial charge in [0.05, 0.1) is 18.8 Å². The topological polar surface area (TPSA) is 72.8 Å². The van der Waals surface area contributed by atoms with Gasteiger partial charge in [-0.05, 0) is 25.0 Å². The Balaban J connectivity index is 2.00. The molecule has 2 aliphatic carbocycles. The van der Waals surface area contributed by atoms with Gasteiger partial charge in [-0.3, -0.25) is 9.59 Å². The van der Waals surface area contributed by atoms with E-state index in [1.54, 1.807) is 13.2 Å². The van der Waals surface area contributed by atoms with Crippen molar-refractivity contribution in [2.75, 3.05) is 7.11 Å². The number of Topliss-reactive ketones (excluding diaryl/α,β-unsaturated/α-hetero) is 2. The van der Waals surface area contributed by atoms with E-state index in [4.69, 9.17) is 9.47 Å². The molecule has 0 spiro atoms. The summed E-state index contributed by atoms with van der Waals surface area (Å²) in [6, 6.07) is 5.43. The molecule has 1 aromatic rings. The molecule has 4 rings (SSSR count). The highest BCUT2D eigenvalue weighted by Gasteiger charge is 2.43. The maximum absolute atomic E-state index is 12.7. The smallest absolute Gasteiger partial charge is 0.163 e. The maximum Gasteiger partial charge on any atom is 0.163 e. The van der Waals surface area contributed by atoms with Gasteiger partial charge < -0.3 is 14.6 Å². The highest BCUT2D eigenvalue weighted by atomic mass is 16.5. The largest absolute Gasteiger partial charge is 0.512 e. The molecule has 0 saturated heterocycles. The minimum atomic E-state index is -0.601. The van der Waals surface area contributed by atoms with Crippen LogP contribution in [0.25, 0.3) is 0 Å². The molecule has 130 valence electrons. The summed E-state index contributed by atoms with van der Waals surface area (Å²) in [7, 11) is 1.55. The zero-order valence-electron chi connectivity index (χ0n) is 14.1. The number of benzene rings is 1. The number of carbonyl (C=O) groups excluding carboxylic acids is 2. The highest BCUT2D eigenvalue weighted by Crippen LogP contribution is 2.51. The fourth-order valence-electron chi connectivity index (χ4n) is 4.08. The lowest BCUT2D eigenvalue weighted by Crippen LogP contribution is -2.30. The molecule has 0 radical (unpaired) electrons. The van der Waals surface area contributed by atoms with Crippen LogP contribution in [0.3, 0.4) is 0 Å². The first-order valence-electron chi connectivity index (χ1n) is 8.68. The first-order valence-corrected chi connectivity index (χ1v) is 8.68. The van der Waals surface area contributed by atoms with E-state index < -0.39 is 5.92 Å². The standard InChI is InChI=1S/C20H20O5/c1-24-14-8-4-10-16-19(14)20(17-11(21)5-2-6-12(17)22)18-13(23)7-3-9-15(18)25-16/h4,8,10,20-21H,2-3,5-7,9H2,1H3. The zero-order valence-corrected chi connectivity index (χ0v) is 14.1. The molecule has 0 amide bonds. The van der Waals surface area contributed by atoms with Crippen molar-refractivity contribution in [2.45, 2.75) is 44.4 Å². The Labute approximate surface area is 145 Å². The van der Waals surface area contributed by atoms with E-state index in [1.165, 1.54) is 0 Å². The summed E-state index contributed by atoms with van der Waals surface area (Å²) in [5.74, 6) is 1.16.